The number of rotatable bonds is 11. The Bertz CT molecular complexity index is 1030. The zero-order valence-electron chi connectivity index (χ0n) is 24.7. The summed E-state index contributed by atoms with van der Waals surface area (Å²) < 4.78 is 23.5. The van der Waals surface area contributed by atoms with Gasteiger partial charge >= 0.3 is 17.9 Å². The van der Waals surface area contributed by atoms with Gasteiger partial charge in [0, 0.05) is 18.9 Å². The van der Waals surface area contributed by atoms with Crippen LogP contribution >= 0.6 is 0 Å². The fraction of sp³-hybridized carbons (Fsp3) is 0.710. The van der Waals surface area contributed by atoms with E-state index in [2.05, 4.69) is 13.2 Å². The molecule has 2 N–H and O–H groups in total. The molecule has 0 aromatic carbocycles. The zero-order chi connectivity index (χ0) is 30.0. The molecule has 3 rings (SSSR count). The predicted molar refractivity (Wildman–Crippen MR) is 147 cm³/mol. The average Bonchev–Trinajstić information content (AvgIpc) is 3.20. The second-order valence-corrected chi connectivity index (χ2v) is 11.9. The number of hydrogen-bond acceptors (Lipinski definition) is 9. The lowest BCUT2D eigenvalue weighted by atomic mass is 9.44. The standard InChI is InChI=1S/C31H46O9/c1-9-12-24(33)39-28-22-15-21(38-27(36)18(5)11-3)16-23-30(8,14-13-17(4)10-2)19(6)25(34)26(35)31(22,23)29(40-28)37-20(7)32/h10,15,18-19,21,23,25-26,28-29,34-35H,2,4,9,11-14,16H2,1,3,5-8H3/t18?,19-,21+,23+,25+,26+,28+,29-,30-,31-/m0/s1. The molecule has 10 atom stereocenters. The minimum Gasteiger partial charge on any atom is -0.458 e. The van der Waals surface area contributed by atoms with Gasteiger partial charge in [0.05, 0.1) is 23.5 Å². The highest BCUT2D eigenvalue weighted by atomic mass is 16.8. The van der Waals surface area contributed by atoms with Gasteiger partial charge in [-0.2, -0.15) is 0 Å². The first-order chi connectivity index (χ1) is 18.8. The highest BCUT2D eigenvalue weighted by molar-refractivity contribution is 5.72. The third kappa shape index (κ3) is 5.65. The van der Waals surface area contributed by atoms with Crippen LogP contribution in [0.25, 0.3) is 0 Å². The Balaban J connectivity index is 2.23. The summed E-state index contributed by atoms with van der Waals surface area (Å²) in [4.78, 5) is 37.8. The maximum Gasteiger partial charge on any atom is 0.309 e. The van der Waals surface area contributed by atoms with Crippen LogP contribution in [0, 0.1) is 28.6 Å². The zero-order valence-corrected chi connectivity index (χ0v) is 24.7. The Kier molecular flexibility index (Phi) is 10.1. The number of carbonyl (C=O) groups excluding carboxylic acids is 3. The van der Waals surface area contributed by atoms with E-state index in [1.165, 1.54) is 6.92 Å². The first kappa shape index (κ1) is 32.0. The summed E-state index contributed by atoms with van der Waals surface area (Å²) in [7, 11) is 0. The molecule has 1 heterocycles. The van der Waals surface area contributed by atoms with Gasteiger partial charge in [0.15, 0.2) is 0 Å². The number of carbonyl (C=O) groups is 3. The number of hydrogen-bond donors (Lipinski definition) is 2. The molecular weight excluding hydrogens is 516 g/mol. The van der Waals surface area contributed by atoms with Gasteiger partial charge in [0.2, 0.25) is 12.6 Å². The number of allylic oxidation sites excluding steroid dienone is 2. The fourth-order valence-electron chi connectivity index (χ4n) is 6.71. The topological polar surface area (TPSA) is 129 Å². The number of ether oxygens (including phenoxy) is 4. The average molecular weight is 563 g/mol. The molecule has 224 valence electrons. The van der Waals surface area contributed by atoms with Gasteiger partial charge in [-0.05, 0) is 55.4 Å². The van der Waals surface area contributed by atoms with Crippen LogP contribution < -0.4 is 0 Å². The van der Waals surface area contributed by atoms with Gasteiger partial charge in [-0.3, -0.25) is 19.1 Å². The Labute approximate surface area is 237 Å². The first-order valence-corrected chi connectivity index (χ1v) is 14.4. The van der Waals surface area contributed by atoms with Gasteiger partial charge in [0.1, 0.15) is 6.10 Å². The molecular formula is C31H46O9. The Hall–Kier alpha value is -2.49. The third-order valence-corrected chi connectivity index (χ3v) is 9.48. The molecule has 0 amide bonds. The van der Waals surface area contributed by atoms with Crippen LogP contribution in [0.15, 0.2) is 36.5 Å². The second kappa shape index (κ2) is 12.6. The van der Waals surface area contributed by atoms with E-state index in [1.54, 1.807) is 19.1 Å². The molecule has 1 spiro atoms. The summed E-state index contributed by atoms with van der Waals surface area (Å²) in [5.41, 5.74) is -0.957. The van der Waals surface area contributed by atoms with Gasteiger partial charge < -0.3 is 24.4 Å². The number of aliphatic hydroxyl groups is 2. The maximum atomic E-state index is 12.9. The summed E-state index contributed by atoms with van der Waals surface area (Å²) in [6.45, 7) is 18.5. The van der Waals surface area contributed by atoms with Crippen LogP contribution in [0.2, 0.25) is 0 Å². The van der Waals surface area contributed by atoms with Crippen molar-refractivity contribution in [2.75, 3.05) is 0 Å². The Morgan fingerprint density at radius 3 is 2.45 bits per heavy atom. The van der Waals surface area contributed by atoms with Crippen molar-refractivity contribution in [1.82, 2.24) is 0 Å². The lowest BCUT2D eigenvalue weighted by Crippen LogP contribution is -2.68. The molecule has 40 heavy (non-hydrogen) atoms. The molecule has 2 aliphatic carbocycles. The SMILES string of the molecule is C=CC(=C)CC[C@]1(C)[C@H]2C[C@H](OC(=O)C(C)CC)C=C3[C@H](OC(=O)CCC)O[C@H](OC(C)=O)[C@@]32[C@H](O)[C@H](O)[C@@H]1C. The van der Waals surface area contributed by atoms with E-state index in [4.69, 9.17) is 18.9 Å². The van der Waals surface area contributed by atoms with Crippen molar-refractivity contribution < 1.29 is 43.5 Å². The van der Waals surface area contributed by atoms with Crippen molar-refractivity contribution in [2.45, 2.75) is 111 Å². The van der Waals surface area contributed by atoms with E-state index in [0.29, 0.717) is 31.3 Å². The molecule has 1 aliphatic heterocycles. The lowest BCUT2D eigenvalue weighted by Gasteiger charge is -2.62. The van der Waals surface area contributed by atoms with Gasteiger partial charge in [-0.25, -0.2) is 0 Å². The van der Waals surface area contributed by atoms with Crippen LogP contribution in [0.4, 0.5) is 0 Å². The highest BCUT2D eigenvalue weighted by Crippen LogP contribution is 2.67. The van der Waals surface area contributed by atoms with E-state index >= 15 is 0 Å². The van der Waals surface area contributed by atoms with Crippen LogP contribution in [0.3, 0.4) is 0 Å². The summed E-state index contributed by atoms with van der Waals surface area (Å²) >= 11 is 0. The summed E-state index contributed by atoms with van der Waals surface area (Å²) in [5, 5.41) is 23.3. The molecule has 0 aromatic heterocycles. The van der Waals surface area contributed by atoms with Gasteiger partial charge in [-0.1, -0.05) is 59.4 Å². The van der Waals surface area contributed by atoms with E-state index in [0.717, 1.165) is 5.57 Å². The fourth-order valence-corrected chi connectivity index (χ4v) is 6.71. The predicted octanol–water partition coefficient (Wildman–Crippen LogP) is 4.37. The third-order valence-electron chi connectivity index (χ3n) is 9.48. The summed E-state index contributed by atoms with van der Waals surface area (Å²) in [6.07, 6.45) is 0.0646. The molecule has 0 radical (unpaired) electrons. The van der Waals surface area contributed by atoms with Crippen molar-refractivity contribution in [1.29, 1.82) is 0 Å². The van der Waals surface area contributed by atoms with Gasteiger partial charge in [-0.15, -0.1) is 0 Å². The molecule has 3 aliphatic rings. The monoisotopic (exact) mass is 562 g/mol. The molecule has 9 nitrogen and oxygen atoms in total. The number of esters is 3. The van der Waals surface area contributed by atoms with Crippen LogP contribution in [0.1, 0.15) is 80.1 Å². The Morgan fingerprint density at radius 1 is 1.20 bits per heavy atom. The minimum absolute atomic E-state index is 0.137. The molecule has 1 unspecified atom stereocenters. The van der Waals surface area contributed by atoms with Crippen LogP contribution in [-0.2, 0) is 33.3 Å². The molecule has 1 saturated carbocycles. The van der Waals surface area contributed by atoms with E-state index < -0.39 is 65.5 Å². The van der Waals surface area contributed by atoms with Crippen LogP contribution in [0.5, 0.6) is 0 Å². The largest absolute Gasteiger partial charge is 0.458 e. The minimum atomic E-state index is -1.45. The van der Waals surface area contributed by atoms with E-state index in [-0.39, 0.29) is 24.7 Å². The van der Waals surface area contributed by atoms with Crippen molar-refractivity contribution in [2.24, 2.45) is 28.6 Å². The highest BCUT2D eigenvalue weighted by Gasteiger charge is 2.73. The molecule has 0 bridgehead atoms. The van der Waals surface area contributed by atoms with Crippen molar-refractivity contribution >= 4 is 17.9 Å². The second-order valence-electron chi connectivity index (χ2n) is 11.9. The molecule has 0 aromatic rings. The Morgan fingerprint density at radius 2 is 1.88 bits per heavy atom. The molecule has 9 heteroatoms. The van der Waals surface area contributed by atoms with Gasteiger partial charge in [0.25, 0.3) is 0 Å². The quantitative estimate of drug-likeness (QED) is 0.163. The van der Waals surface area contributed by atoms with E-state index in [1.807, 2.05) is 27.7 Å². The smallest absolute Gasteiger partial charge is 0.309 e. The van der Waals surface area contributed by atoms with Crippen molar-refractivity contribution in [3.05, 3.63) is 36.5 Å². The van der Waals surface area contributed by atoms with Crippen LogP contribution in [-0.4, -0.2) is 59.0 Å². The molecule has 2 fully saturated rings. The molecule has 1 saturated heterocycles. The van der Waals surface area contributed by atoms with Crippen molar-refractivity contribution in [3.8, 4) is 0 Å². The first-order valence-electron chi connectivity index (χ1n) is 14.4. The van der Waals surface area contributed by atoms with E-state index in [9.17, 15) is 24.6 Å². The number of aliphatic hydroxyl groups excluding tert-OH is 2. The summed E-state index contributed by atoms with van der Waals surface area (Å²) in [6, 6.07) is 0. The lowest BCUT2D eigenvalue weighted by molar-refractivity contribution is -0.274. The maximum absolute atomic E-state index is 12.9. The van der Waals surface area contributed by atoms with Crippen molar-refractivity contribution in [3.63, 3.8) is 0 Å². The normalized spacial score (nSPS) is 37.3. The summed E-state index contributed by atoms with van der Waals surface area (Å²) in [5.74, 6) is -2.76.